The second-order valence-electron chi connectivity index (χ2n) is 4.82. The van der Waals surface area contributed by atoms with E-state index in [1.54, 1.807) is 6.92 Å². The van der Waals surface area contributed by atoms with Gasteiger partial charge in [-0.05, 0) is 32.5 Å². The minimum absolute atomic E-state index is 0.260. The van der Waals surface area contributed by atoms with Crippen LogP contribution in [0.5, 0.6) is 0 Å². The first-order chi connectivity index (χ1) is 8.57. The summed E-state index contributed by atoms with van der Waals surface area (Å²) in [6.45, 7) is 7.83. The summed E-state index contributed by atoms with van der Waals surface area (Å²) < 4.78 is 22.8. The Balaban J connectivity index is 2.23. The standard InChI is InChI=1S/C12H25ClN2O2S/c1-2-18(16,17)12-4-8-14-6-3-7-15(9-5-13)11-10-14/h2-12H2,1H3. The maximum absolute atomic E-state index is 11.4. The molecule has 1 aliphatic heterocycles. The highest BCUT2D eigenvalue weighted by Crippen LogP contribution is 2.05. The third-order valence-corrected chi connectivity index (χ3v) is 5.41. The quantitative estimate of drug-likeness (QED) is 0.659. The summed E-state index contributed by atoms with van der Waals surface area (Å²) in [5.74, 6) is 1.27. The number of halogens is 1. The van der Waals surface area contributed by atoms with Gasteiger partial charge in [-0.15, -0.1) is 11.6 Å². The molecular weight excluding hydrogens is 272 g/mol. The molecule has 0 bridgehead atoms. The van der Waals surface area contributed by atoms with Gasteiger partial charge < -0.3 is 9.80 Å². The second-order valence-corrected chi connectivity index (χ2v) is 7.67. The van der Waals surface area contributed by atoms with Crippen LogP contribution in [0.2, 0.25) is 0 Å². The van der Waals surface area contributed by atoms with Crippen LogP contribution < -0.4 is 0 Å². The smallest absolute Gasteiger partial charge is 0.150 e. The monoisotopic (exact) mass is 296 g/mol. The SMILES string of the molecule is CCS(=O)(=O)CCCN1CCCN(CCCl)CC1. The van der Waals surface area contributed by atoms with E-state index in [4.69, 9.17) is 11.6 Å². The number of nitrogens with zero attached hydrogens (tertiary/aromatic N) is 2. The van der Waals surface area contributed by atoms with Crippen molar-refractivity contribution < 1.29 is 8.42 Å². The number of alkyl halides is 1. The zero-order chi connectivity index (χ0) is 13.4. The molecule has 0 radical (unpaired) electrons. The van der Waals surface area contributed by atoms with E-state index in [-0.39, 0.29) is 5.75 Å². The molecule has 6 heteroatoms. The maximum Gasteiger partial charge on any atom is 0.150 e. The second kappa shape index (κ2) is 8.35. The van der Waals surface area contributed by atoms with E-state index < -0.39 is 9.84 Å². The maximum atomic E-state index is 11.4. The summed E-state index contributed by atoms with van der Waals surface area (Å²) in [4.78, 5) is 4.76. The van der Waals surface area contributed by atoms with Crippen molar-refractivity contribution in [3.8, 4) is 0 Å². The normalized spacial score (nSPS) is 19.9. The lowest BCUT2D eigenvalue weighted by atomic mass is 10.3. The predicted molar refractivity (Wildman–Crippen MR) is 77.2 cm³/mol. The molecule has 18 heavy (non-hydrogen) atoms. The molecule has 0 amide bonds. The van der Waals surface area contributed by atoms with Crippen molar-refractivity contribution in [3.05, 3.63) is 0 Å². The van der Waals surface area contributed by atoms with E-state index in [1.807, 2.05) is 0 Å². The third kappa shape index (κ3) is 6.36. The van der Waals surface area contributed by atoms with Crippen LogP contribution in [0.25, 0.3) is 0 Å². The van der Waals surface area contributed by atoms with Gasteiger partial charge in [0.15, 0.2) is 0 Å². The Kier molecular flexibility index (Phi) is 7.53. The minimum Gasteiger partial charge on any atom is -0.302 e. The highest BCUT2D eigenvalue weighted by atomic mass is 35.5. The number of rotatable bonds is 7. The lowest BCUT2D eigenvalue weighted by Gasteiger charge is -2.21. The molecule has 0 saturated carbocycles. The number of hydrogen-bond donors (Lipinski definition) is 0. The van der Waals surface area contributed by atoms with Crippen molar-refractivity contribution in [2.45, 2.75) is 19.8 Å². The topological polar surface area (TPSA) is 40.6 Å². The van der Waals surface area contributed by atoms with Gasteiger partial charge in [0, 0.05) is 31.3 Å². The number of sulfone groups is 1. The fourth-order valence-corrected chi connectivity index (χ4v) is 3.34. The van der Waals surface area contributed by atoms with Crippen molar-refractivity contribution in [3.63, 3.8) is 0 Å². The van der Waals surface area contributed by atoms with Crippen LogP contribution in [0.15, 0.2) is 0 Å². The Bertz CT molecular complexity index is 322. The van der Waals surface area contributed by atoms with E-state index in [0.29, 0.717) is 11.6 Å². The van der Waals surface area contributed by atoms with Crippen LogP contribution in [0.1, 0.15) is 19.8 Å². The summed E-state index contributed by atoms with van der Waals surface area (Å²) in [5, 5.41) is 0. The molecule has 0 aromatic carbocycles. The van der Waals surface area contributed by atoms with Gasteiger partial charge in [0.25, 0.3) is 0 Å². The van der Waals surface area contributed by atoms with Crippen LogP contribution in [0.4, 0.5) is 0 Å². The van der Waals surface area contributed by atoms with Gasteiger partial charge in [0.2, 0.25) is 0 Å². The molecular formula is C12H25ClN2O2S. The zero-order valence-electron chi connectivity index (χ0n) is 11.3. The van der Waals surface area contributed by atoms with Crippen molar-refractivity contribution in [2.24, 2.45) is 0 Å². The van der Waals surface area contributed by atoms with Gasteiger partial charge in [-0.3, -0.25) is 0 Å². The lowest BCUT2D eigenvalue weighted by molar-refractivity contribution is 0.264. The summed E-state index contributed by atoms with van der Waals surface area (Å²) in [7, 11) is -2.80. The highest BCUT2D eigenvalue weighted by molar-refractivity contribution is 7.91. The molecule has 4 nitrogen and oxygen atoms in total. The van der Waals surface area contributed by atoms with Gasteiger partial charge in [0.1, 0.15) is 9.84 Å². The Hall–Kier alpha value is 0.160. The minimum atomic E-state index is -2.80. The molecule has 0 aromatic rings. The van der Waals surface area contributed by atoms with Gasteiger partial charge in [0.05, 0.1) is 5.75 Å². The van der Waals surface area contributed by atoms with E-state index in [0.717, 1.165) is 52.1 Å². The Morgan fingerprint density at radius 3 is 2.22 bits per heavy atom. The molecule has 1 fully saturated rings. The van der Waals surface area contributed by atoms with Gasteiger partial charge in [-0.25, -0.2) is 8.42 Å². The Morgan fingerprint density at radius 2 is 1.67 bits per heavy atom. The fraction of sp³-hybridized carbons (Fsp3) is 1.00. The van der Waals surface area contributed by atoms with Crippen LogP contribution in [0.3, 0.4) is 0 Å². The van der Waals surface area contributed by atoms with Crippen molar-refractivity contribution in [2.75, 3.05) is 56.7 Å². The van der Waals surface area contributed by atoms with E-state index in [1.165, 1.54) is 0 Å². The van der Waals surface area contributed by atoms with Crippen molar-refractivity contribution in [1.29, 1.82) is 0 Å². The average Bonchev–Trinajstić information content (AvgIpc) is 2.56. The molecule has 108 valence electrons. The Morgan fingerprint density at radius 1 is 1.06 bits per heavy atom. The van der Waals surface area contributed by atoms with Crippen LogP contribution in [0, 0.1) is 0 Å². The number of hydrogen-bond acceptors (Lipinski definition) is 4. The molecule has 0 atom stereocenters. The molecule has 0 unspecified atom stereocenters. The van der Waals surface area contributed by atoms with E-state index >= 15 is 0 Å². The average molecular weight is 297 g/mol. The summed E-state index contributed by atoms with van der Waals surface area (Å²) in [6, 6.07) is 0. The van der Waals surface area contributed by atoms with Gasteiger partial charge in [-0.2, -0.15) is 0 Å². The van der Waals surface area contributed by atoms with Crippen LogP contribution >= 0.6 is 11.6 Å². The summed E-state index contributed by atoms with van der Waals surface area (Å²) >= 11 is 5.75. The molecule has 1 heterocycles. The van der Waals surface area contributed by atoms with Crippen LogP contribution in [-0.4, -0.2) is 74.9 Å². The highest BCUT2D eigenvalue weighted by Gasteiger charge is 2.15. The van der Waals surface area contributed by atoms with Crippen molar-refractivity contribution in [1.82, 2.24) is 9.80 Å². The van der Waals surface area contributed by atoms with Gasteiger partial charge >= 0.3 is 0 Å². The first-order valence-electron chi connectivity index (χ1n) is 6.78. The summed E-state index contributed by atoms with van der Waals surface area (Å²) in [5.41, 5.74) is 0. The molecule has 1 aliphatic rings. The molecule has 1 saturated heterocycles. The lowest BCUT2D eigenvalue weighted by Crippen LogP contribution is -2.32. The van der Waals surface area contributed by atoms with Gasteiger partial charge in [-0.1, -0.05) is 6.92 Å². The third-order valence-electron chi connectivity index (χ3n) is 3.45. The molecule has 0 N–H and O–H groups in total. The van der Waals surface area contributed by atoms with E-state index in [2.05, 4.69) is 9.80 Å². The molecule has 0 aliphatic carbocycles. The predicted octanol–water partition coefficient (Wildman–Crippen LogP) is 1.06. The first kappa shape index (κ1) is 16.2. The van der Waals surface area contributed by atoms with E-state index in [9.17, 15) is 8.42 Å². The van der Waals surface area contributed by atoms with Crippen molar-refractivity contribution >= 4 is 21.4 Å². The fourth-order valence-electron chi connectivity index (χ4n) is 2.24. The first-order valence-corrected chi connectivity index (χ1v) is 9.14. The largest absolute Gasteiger partial charge is 0.302 e. The molecule has 0 aromatic heterocycles. The zero-order valence-corrected chi connectivity index (χ0v) is 12.8. The Labute approximate surface area is 116 Å². The molecule has 0 spiro atoms. The summed E-state index contributed by atoms with van der Waals surface area (Å²) in [6.07, 6.45) is 1.91. The van der Waals surface area contributed by atoms with Crippen LogP contribution in [-0.2, 0) is 9.84 Å². The molecule has 1 rings (SSSR count).